The highest BCUT2D eigenvalue weighted by atomic mass is 19.1. The standard InChI is InChI=1S/C18H16F3N3O2/c19-11-1-3-16-14(7-11)18(26-10-13-9-22-5-6-25-13)23-24(16)17-4-2-12(20)8-15(17)21/h1-4,7-8,13,22H,5-6,9-10H2. The summed E-state index contributed by atoms with van der Waals surface area (Å²) in [6.07, 6.45) is -0.153. The normalized spacial score (nSPS) is 17.6. The lowest BCUT2D eigenvalue weighted by molar-refractivity contribution is -0.000509. The molecule has 1 aromatic heterocycles. The molecule has 0 aliphatic carbocycles. The van der Waals surface area contributed by atoms with Crippen LogP contribution in [0.2, 0.25) is 0 Å². The number of fused-ring (bicyclic) bond motifs is 1. The maximum absolute atomic E-state index is 14.2. The van der Waals surface area contributed by atoms with Crippen LogP contribution in [-0.2, 0) is 4.74 Å². The van der Waals surface area contributed by atoms with Crippen molar-refractivity contribution in [2.24, 2.45) is 0 Å². The molecule has 136 valence electrons. The monoisotopic (exact) mass is 363 g/mol. The van der Waals surface area contributed by atoms with Gasteiger partial charge in [-0.25, -0.2) is 17.9 Å². The zero-order valence-corrected chi connectivity index (χ0v) is 13.7. The van der Waals surface area contributed by atoms with Gasteiger partial charge in [0.15, 0.2) is 5.82 Å². The topological polar surface area (TPSA) is 48.3 Å². The van der Waals surface area contributed by atoms with E-state index in [0.29, 0.717) is 24.1 Å². The van der Waals surface area contributed by atoms with Crippen molar-refractivity contribution >= 4 is 10.9 Å². The molecule has 0 saturated carbocycles. The molecule has 0 amide bonds. The molecule has 1 saturated heterocycles. The SMILES string of the molecule is Fc1ccc(-n2nc(OCC3CNCCO3)c3cc(F)ccc32)c(F)c1. The van der Waals surface area contributed by atoms with E-state index < -0.39 is 17.5 Å². The van der Waals surface area contributed by atoms with Crippen LogP contribution in [0.5, 0.6) is 5.88 Å². The second-order valence-electron chi connectivity index (χ2n) is 5.98. The van der Waals surface area contributed by atoms with Crippen molar-refractivity contribution in [2.45, 2.75) is 6.10 Å². The molecule has 8 heteroatoms. The van der Waals surface area contributed by atoms with Gasteiger partial charge >= 0.3 is 0 Å². The Labute approximate surface area is 147 Å². The van der Waals surface area contributed by atoms with Gasteiger partial charge in [0.2, 0.25) is 5.88 Å². The van der Waals surface area contributed by atoms with E-state index in [4.69, 9.17) is 9.47 Å². The van der Waals surface area contributed by atoms with Crippen molar-refractivity contribution < 1.29 is 22.6 Å². The molecule has 4 rings (SSSR count). The van der Waals surface area contributed by atoms with Crippen LogP contribution in [0.3, 0.4) is 0 Å². The van der Waals surface area contributed by atoms with Gasteiger partial charge in [-0.15, -0.1) is 5.10 Å². The summed E-state index contributed by atoms with van der Waals surface area (Å²) in [7, 11) is 0. The van der Waals surface area contributed by atoms with E-state index in [1.165, 1.54) is 28.9 Å². The predicted molar refractivity (Wildman–Crippen MR) is 89.0 cm³/mol. The van der Waals surface area contributed by atoms with E-state index in [0.717, 1.165) is 18.7 Å². The third-order valence-electron chi connectivity index (χ3n) is 4.16. The van der Waals surface area contributed by atoms with Gasteiger partial charge in [-0.1, -0.05) is 0 Å². The summed E-state index contributed by atoms with van der Waals surface area (Å²) in [4.78, 5) is 0. The summed E-state index contributed by atoms with van der Waals surface area (Å²) >= 11 is 0. The van der Waals surface area contributed by atoms with E-state index >= 15 is 0 Å². The summed E-state index contributed by atoms with van der Waals surface area (Å²) in [5.41, 5.74) is 0.503. The number of halogens is 3. The Morgan fingerprint density at radius 1 is 1.15 bits per heavy atom. The smallest absolute Gasteiger partial charge is 0.241 e. The largest absolute Gasteiger partial charge is 0.473 e. The molecule has 1 aliphatic rings. The molecule has 1 unspecified atom stereocenters. The van der Waals surface area contributed by atoms with E-state index in [-0.39, 0.29) is 24.3 Å². The molecule has 1 fully saturated rings. The number of ether oxygens (including phenoxy) is 2. The van der Waals surface area contributed by atoms with Crippen molar-refractivity contribution in [3.05, 3.63) is 53.8 Å². The van der Waals surface area contributed by atoms with Crippen molar-refractivity contribution in [3.63, 3.8) is 0 Å². The van der Waals surface area contributed by atoms with Crippen LogP contribution in [0, 0.1) is 17.5 Å². The minimum absolute atomic E-state index is 0.0495. The van der Waals surface area contributed by atoms with E-state index in [1.807, 2.05) is 0 Å². The molecule has 0 spiro atoms. The number of aromatic nitrogens is 2. The molecule has 1 aliphatic heterocycles. The number of nitrogens with zero attached hydrogens (tertiary/aromatic N) is 2. The highest BCUT2D eigenvalue weighted by molar-refractivity contribution is 5.86. The molecule has 5 nitrogen and oxygen atoms in total. The minimum Gasteiger partial charge on any atom is -0.473 e. The zero-order chi connectivity index (χ0) is 18.1. The Hall–Kier alpha value is -2.58. The molecule has 2 aromatic carbocycles. The first-order valence-corrected chi connectivity index (χ1v) is 8.20. The Bertz CT molecular complexity index is 939. The molecule has 1 N–H and O–H groups in total. The lowest BCUT2D eigenvalue weighted by Crippen LogP contribution is -2.41. The molecule has 0 bridgehead atoms. The third-order valence-corrected chi connectivity index (χ3v) is 4.16. The van der Waals surface area contributed by atoms with Gasteiger partial charge in [0.05, 0.1) is 17.5 Å². The number of morpholine rings is 1. The van der Waals surface area contributed by atoms with Gasteiger partial charge in [0.1, 0.15) is 30.0 Å². The number of hydrogen-bond donors (Lipinski definition) is 1. The molecule has 26 heavy (non-hydrogen) atoms. The quantitative estimate of drug-likeness (QED) is 0.775. The first-order chi connectivity index (χ1) is 12.6. The number of benzene rings is 2. The average Bonchev–Trinajstić information content (AvgIpc) is 2.98. The van der Waals surface area contributed by atoms with Crippen molar-refractivity contribution in [2.75, 3.05) is 26.3 Å². The number of nitrogens with one attached hydrogen (secondary N) is 1. The molecule has 2 heterocycles. The van der Waals surface area contributed by atoms with Crippen molar-refractivity contribution in [3.8, 4) is 11.6 Å². The van der Waals surface area contributed by atoms with Crippen molar-refractivity contribution in [1.82, 2.24) is 15.1 Å². The second kappa shape index (κ2) is 6.97. The first-order valence-electron chi connectivity index (χ1n) is 8.20. The van der Waals surface area contributed by atoms with E-state index in [9.17, 15) is 13.2 Å². The maximum atomic E-state index is 14.2. The van der Waals surface area contributed by atoms with Crippen LogP contribution in [0.25, 0.3) is 16.6 Å². The van der Waals surface area contributed by atoms with Gasteiger partial charge in [0.25, 0.3) is 0 Å². The second-order valence-corrected chi connectivity index (χ2v) is 5.98. The van der Waals surface area contributed by atoms with Gasteiger partial charge in [-0.2, -0.15) is 0 Å². The van der Waals surface area contributed by atoms with Crippen LogP contribution in [-0.4, -0.2) is 42.2 Å². The van der Waals surface area contributed by atoms with Crippen LogP contribution < -0.4 is 10.1 Å². The molecular formula is C18H16F3N3O2. The fraction of sp³-hybridized carbons (Fsp3) is 0.278. The summed E-state index contributed by atoms with van der Waals surface area (Å²) < 4.78 is 53.6. The Morgan fingerprint density at radius 2 is 1.96 bits per heavy atom. The lowest BCUT2D eigenvalue weighted by Gasteiger charge is -2.23. The molecular weight excluding hydrogens is 347 g/mol. The van der Waals surface area contributed by atoms with E-state index in [1.54, 1.807) is 0 Å². The summed E-state index contributed by atoms with van der Waals surface area (Å²) in [6, 6.07) is 7.19. The van der Waals surface area contributed by atoms with Crippen LogP contribution in [0.4, 0.5) is 13.2 Å². The molecule has 0 radical (unpaired) electrons. The predicted octanol–water partition coefficient (Wildman–Crippen LogP) is 2.81. The average molecular weight is 363 g/mol. The minimum atomic E-state index is -0.773. The van der Waals surface area contributed by atoms with Crippen LogP contribution in [0.15, 0.2) is 36.4 Å². The summed E-state index contributed by atoms with van der Waals surface area (Å²) in [5.74, 6) is -1.76. The first kappa shape index (κ1) is 16.9. The Kier molecular flexibility index (Phi) is 4.52. The lowest BCUT2D eigenvalue weighted by atomic mass is 10.2. The number of rotatable bonds is 4. The van der Waals surface area contributed by atoms with Gasteiger partial charge in [-0.05, 0) is 30.3 Å². The van der Waals surface area contributed by atoms with Crippen LogP contribution in [0.1, 0.15) is 0 Å². The van der Waals surface area contributed by atoms with Crippen LogP contribution >= 0.6 is 0 Å². The van der Waals surface area contributed by atoms with Crippen molar-refractivity contribution in [1.29, 1.82) is 0 Å². The highest BCUT2D eigenvalue weighted by Gasteiger charge is 2.19. The molecule has 1 atom stereocenters. The summed E-state index contributed by atoms with van der Waals surface area (Å²) in [6.45, 7) is 2.23. The van der Waals surface area contributed by atoms with E-state index in [2.05, 4.69) is 10.4 Å². The van der Waals surface area contributed by atoms with Gasteiger partial charge < -0.3 is 14.8 Å². The highest BCUT2D eigenvalue weighted by Crippen LogP contribution is 2.29. The maximum Gasteiger partial charge on any atom is 0.241 e. The Balaban J connectivity index is 1.72. The van der Waals surface area contributed by atoms with Gasteiger partial charge in [-0.3, -0.25) is 0 Å². The van der Waals surface area contributed by atoms with Gasteiger partial charge in [0, 0.05) is 19.2 Å². The molecule has 3 aromatic rings. The zero-order valence-electron chi connectivity index (χ0n) is 13.7. The third kappa shape index (κ3) is 3.25. The summed E-state index contributed by atoms with van der Waals surface area (Å²) in [5, 5.41) is 7.85. The Morgan fingerprint density at radius 3 is 2.73 bits per heavy atom. The fourth-order valence-electron chi connectivity index (χ4n) is 2.90. The fourth-order valence-corrected chi connectivity index (χ4v) is 2.90. The number of hydrogen-bond acceptors (Lipinski definition) is 4.